The fourth-order valence-electron chi connectivity index (χ4n) is 1.70. The van der Waals surface area contributed by atoms with Gasteiger partial charge in [0.1, 0.15) is 11.5 Å². The van der Waals surface area contributed by atoms with Crippen molar-refractivity contribution in [3.63, 3.8) is 0 Å². The van der Waals surface area contributed by atoms with Gasteiger partial charge in [-0.15, -0.1) is 0 Å². The van der Waals surface area contributed by atoms with E-state index in [2.05, 4.69) is 0 Å². The standard InChI is InChI=1S/C10H14N2O2/c1-13-6-4-8(12)10-7(11)2-3-14-9(10)5-6/h4-5,7H,2-3,11-12H2,1H3/t7-/m0/s1. The average molecular weight is 194 g/mol. The Kier molecular flexibility index (Phi) is 2.21. The Bertz CT molecular complexity index is 352. The zero-order valence-electron chi connectivity index (χ0n) is 8.12. The molecular weight excluding hydrogens is 180 g/mol. The minimum atomic E-state index is -0.0235. The van der Waals surface area contributed by atoms with Crippen LogP contribution in [-0.2, 0) is 0 Å². The molecule has 0 aromatic heterocycles. The van der Waals surface area contributed by atoms with Gasteiger partial charge in [-0.25, -0.2) is 0 Å². The minimum Gasteiger partial charge on any atom is -0.497 e. The number of methoxy groups -OCH3 is 1. The van der Waals surface area contributed by atoms with Crippen molar-refractivity contribution in [1.82, 2.24) is 0 Å². The van der Waals surface area contributed by atoms with Crippen molar-refractivity contribution in [2.45, 2.75) is 12.5 Å². The van der Waals surface area contributed by atoms with Gasteiger partial charge in [0.05, 0.1) is 13.7 Å². The van der Waals surface area contributed by atoms with Gasteiger partial charge in [-0.3, -0.25) is 0 Å². The summed E-state index contributed by atoms with van der Waals surface area (Å²) in [5.74, 6) is 1.45. The molecule has 0 unspecified atom stereocenters. The van der Waals surface area contributed by atoms with E-state index in [0.29, 0.717) is 18.0 Å². The summed E-state index contributed by atoms with van der Waals surface area (Å²) >= 11 is 0. The Balaban J connectivity index is 2.51. The molecule has 2 rings (SSSR count). The van der Waals surface area contributed by atoms with Crippen LogP contribution in [0.4, 0.5) is 5.69 Å². The van der Waals surface area contributed by atoms with Gasteiger partial charge in [0.15, 0.2) is 0 Å². The fraction of sp³-hybridized carbons (Fsp3) is 0.400. The highest BCUT2D eigenvalue weighted by atomic mass is 16.5. The fourth-order valence-corrected chi connectivity index (χ4v) is 1.70. The Morgan fingerprint density at radius 2 is 2.29 bits per heavy atom. The van der Waals surface area contributed by atoms with Crippen LogP contribution < -0.4 is 20.9 Å². The summed E-state index contributed by atoms with van der Waals surface area (Å²) in [6, 6.07) is 3.57. The van der Waals surface area contributed by atoms with E-state index in [1.807, 2.05) is 6.07 Å². The lowest BCUT2D eigenvalue weighted by Crippen LogP contribution is -2.21. The maximum atomic E-state index is 5.94. The first kappa shape index (κ1) is 9.15. The van der Waals surface area contributed by atoms with Crippen LogP contribution in [0.3, 0.4) is 0 Å². The van der Waals surface area contributed by atoms with E-state index in [1.54, 1.807) is 13.2 Å². The van der Waals surface area contributed by atoms with Crippen LogP contribution in [-0.4, -0.2) is 13.7 Å². The molecule has 0 saturated carbocycles. The molecule has 14 heavy (non-hydrogen) atoms. The molecule has 1 aromatic rings. The lowest BCUT2D eigenvalue weighted by molar-refractivity contribution is 0.268. The van der Waals surface area contributed by atoms with E-state index in [4.69, 9.17) is 20.9 Å². The van der Waals surface area contributed by atoms with Gasteiger partial charge >= 0.3 is 0 Å². The van der Waals surface area contributed by atoms with Gasteiger partial charge in [-0.1, -0.05) is 0 Å². The number of benzene rings is 1. The average Bonchev–Trinajstić information content (AvgIpc) is 2.17. The van der Waals surface area contributed by atoms with Crippen LogP contribution in [0.15, 0.2) is 12.1 Å². The minimum absolute atomic E-state index is 0.0235. The Hall–Kier alpha value is -1.42. The first-order valence-corrected chi connectivity index (χ1v) is 4.58. The number of hydrogen-bond donors (Lipinski definition) is 2. The second-order valence-corrected chi connectivity index (χ2v) is 3.37. The Morgan fingerprint density at radius 3 is 3.00 bits per heavy atom. The Morgan fingerprint density at radius 1 is 1.50 bits per heavy atom. The monoisotopic (exact) mass is 194 g/mol. The van der Waals surface area contributed by atoms with E-state index in [1.165, 1.54) is 0 Å². The second-order valence-electron chi connectivity index (χ2n) is 3.37. The maximum absolute atomic E-state index is 5.94. The number of hydrogen-bond acceptors (Lipinski definition) is 4. The maximum Gasteiger partial charge on any atom is 0.129 e. The third kappa shape index (κ3) is 1.37. The third-order valence-corrected chi connectivity index (χ3v) is 2.44. The van der Waals surface area contributed by atoms with Crippen LogP contribution in [0.5, 0.6) is 11.5 Å². The topological polar surface area (TPSA) is 70.5 Å². The highest BCUT2D eigenvalue weighted by molar-refractivity contribution is 5.60. The van der Waals surface area contributed by atoms with Crippen LogP contribution >= 0.6 is 0 Å². The largest absolute Gasteiger partial charge is 0.497 e. The number of fused-ring (bicyclic) bond motifs is 1. The van der Waals surface area contributed by atoms with Gasteiger partial charge in [0.25, 0.3) is 0 Å². The molecule has 76 valence electrons. The summed E-state index contributed by atoms with van der Waals surface area (Å²) in [5.41, 5.74) is 13.4. The quantitative estimate of drug-likeness (QED) is 0.656. The Labute approximate surface area is 82.8 Å². The highest BCUT2D eigenvalue weighted by Gasteiger charge is 2.21. The molecular formula is C10H14N2O2. The number of nitrogens with two attached hydrogens (primary N) is 2. The van der Waals surface area contributed by atoms with Gasteiger partial charge in [0, 0.05) is 35.8 Å². The summed E-state index contributed by atoms with van der Waals surface area (Å²) in [6.45, 7) is 0.640. The van der Waals surface area contributed by atoms with Crippen molar-refractivity contribution in [2.24, 2.45) is 5.73 Å². The van der Waals surface area contributed by atoms with Gasteiger partial charge in [-0.2, -0.15) is 0 Å². The van der Waals surface area contributed by atoms with E-state index in [-0.39, 0.29) is 6.04 Å². The molecule has 1 aromatic carbocycles. The van der Waals surface area contributed by atoms with Gasteiger partial charge < -0.3 is 20.9 Å². The molecule has 0 radical (unpaired) electrons. The predicted molar refractivity (Wildman–Crippen MR) is 54.4 cm³/mol. The predicted octanol–water partition coefficient (Wildman–Crippen LogP) is 1.06. The lowest BCUT2D eigenvalue weighted by atomic mass is 9.99. The molecule has 1 aliphatic rings. The van der Waals surface area contributed by atoms with E-state index in [9.17, 15) is 0 Å². The van der Waals surface area contributed by atoms with Crippen LogP contribution in [0, 0.1) is 0 Å². The summed E-state index contributed by atoms with van der Waals surface area (Å²) in [5, 5.41) is 0. The molecule has 0 fully saturated rings. The molecule has 4 heteroatoms. The molecule has 4 N–H and O–H groups in total. The number of anilines is 1. The second kappa shape index (κ2) is 3.38. The first-order valence-electron chi connectivity index (χ1n) is 4.58. The molecule has 0 saturated heterocycles. The van der Waals surface area contributed by atoms with Crippen molar-refractivity contribution in [3.8, 4) is 11.5 Å². The summed E-state index contributed by atoms with van der Waals surface area (Å²) in [4.78, 5) is 0. The zero-order chi connectivity index (χ0) is 10.1. The van der Waals surface area contributed by atoms with Crippen molar-refractivity contribution in [1.29, 1.82) is 0 Å². The van der Waals surface area contributed by atoms with E-state index in [0.717, 1.165) is 17.7 Å². The number of nitrogen functional groups attached to an aromatic ring is 1. The van der Waals surface area contributed by atoms with Crippen LogP contribution in [0.1, 0.15) is 18.0 Å². The molecule has 0 spiro atoms. The van der Waals surface area contributed by atoms with E-state index < -0.39 is 0 Å². The molecule has 1 atom stereocenters. The summed E-state index contributed by atoms with van der Waals surface area (Å²) < 4.78 is 10.6. The van der Waals surface area contributed by atoms with Gasteiger partial charge in [-0.05, 0) is 0 Å². The SMILES string of the molecule is COc1cc(N)c2c(c1)OCC[C@@H]2N. The van der Waals surface area contributed by atoms with Crippen LogP contribution in [0.25, 0.3) is 0 Å². The number of rotatable bonds is 1. The molecule has 0 aliphatic carbocycles. The lowest BCUT2D eigenvalue weighted by Gasteiger charge is -2.24. The molecule has 0 amide bonds. The van der Waals surface area contributed by atoms with Crippen LogP contribution in [0.2, 0.25) is 0 Å². The van der Waals surface area contributed by atoms with Gasteiger partial charge in [0.2, 0.25) is 0 Å². The summed E-state index contributed by atoms with van der Waals surface area (Å²) in [7, 11) is 1.60. The van der Waals surface area contributed by atoms with Crippen molar-refractivity contribution in [2.75, 3.05) is 19.5 Å². The molecule has 0 bridgehead atoms. The highest BCUT2D eigenvalue weighted by Crippen LogP contribution is 2.38. The summed E-state index contributed by atoms with van der Waals surface area (Å²) in [6.07, 6.45) is 0.809. The first-order chi connectivity index (χ1) is 6.72. The number of ether oxygens (including phenoxy) is 2. The molecule has 1 heterocycles. The zero-order valence-corrected chi connectivity index (χ0v) is 8.12. The molecule has 4 nitrogen and oxygen atoms in total. The van der Waals surface area contributed by atoms with Crippen molar-refractivity contribution < 1.29 is 9.47 Å². The van der Waals surface area contributed by atoms with Crippen molar-refractivity contribution >= 4 is 5.69 Å². The normalized spacial score (nSPS) is 19.7. The third-order valence-electron chi connectivity index (χ3n) is 2.44. The van der Waals surface area contributed by atoms with Crippen molar-refractivity contribution in [3.05, 3.63) is 17.7 Å². The molecule has 1 aliphatic heterocycles. The van der Waals surface area contributed by atoms with E-state index >= 15 is 0 Å². The smallest absolute Gasteiger partial charge is 0.129 e.